The highest BCUT2D eigenvalue weighted by atomic mass is 16.3. The average Bonchev–Trinajstić information content (AvgIpc) is 3.89. The van der Waals surface area contributed by atoms with E-state index in [1.165, 1.54) is 99.1 Å². The molecule has 1 aliphatic carbocycles. The molecule has 1 heteroatoms. The van der Waals surface area contributed by atoms with Gasteiger partial charge in [0, 0.05) is 16.5 Å². The minimum absolute atomic E-state index is 0.616. The van der Waals surface area contributed by atoms with Crippen molar-refractivity contribution in [2.24, 2.45) is 0 Å². The Labute approximate surface area is 372 Å². The normalized spacial score (nSPS) is 12.8. The molecule has 0 atom stereocenters. The van der Waals surface area contributed by atoms with E-state index in [1.807, 2.05) is 0 Å². The van der Waals surface area contributed by atoms with E-state index in [2.05, 4.69) is 243 Å². The van der Waals surface area contributed by atoms with Crippen molar-refractivity contribution in [3.8, 4) is 55.8 Å². The summed E-state index contributed by atoms with van der Waals surface area (Å²) < 4.78 is 6.90. The zero-order chi connectivity index (χ0) is 42.2. The highest BCUT2D eigenvalue weighted by molar-refractivity contribution is 6.23. The van der Waals surface area contributed by atoms with Crippen LogP contribution in [0.5, 0.6) is 0 Å². The van der Waals surface area contributed by atoms with Crippen LogP contribution in [-0.2, 0) is 5.41 Å². The molecule has 13 rings (SSSR count). The van der Waals surface area contributed by atoms with Crippen molar-refractivity contribution in [1.29, 1.82) is 0 Å². The lowest BCUT2D eigenvalue weighted by Gasteiger charge is -2.33. The quantitative estimate of drug-likeness (QED) is 0.152. The maximum atomic E-state index is 6.90. The van der Waals surface area contributed by atoms with Crippen LogP contribution in [0.2, 0.25) is 0 Å². The van der Waals surface area contributed by atoms with Gasteiger partial charge in [-0.1, -0.05) is 218 Å². The Hall–Kier alpha value is -8.26. The Balaban J connectivity index is 1.10. The molecule has 11 aromatic carbocycles. The van der Waals surface area contributed by atoms with Gasteiger partial charge in [-0.3, -0.25) is 0 Å². The topological polar surface area (TPSA) is 13.1 Å². The lowest BCUT2D eigenvalue weighted by molar-refractivity contribution is 0.628. The molecule has 0 fully saturated rings. The Bertz CT molecular complexity index is 3670. The van der Waals surface area contributed by atoms with E-state index in [4.69, 9.17) is 4.42 Å². The van der Waals surface area contributed by atoms with Gasteiger partial charge in [0.05, 0.1) is 5.41 Å². The summed E-state index contributed by atoms with van der Waals surface area (Å²) in [5.41, 5.74) is 16.0. The number of fused-ring (bicyclic) bond motifs is 8. The number of furan rings is 1. The first-order valence-electron chi connectivity index (χ1n) is 22.2. The molecule has 298 valence electrons. The second-order valence-corrected chi connectivity index (χ2v) is 17.1. The predicted molar refractivity (Wildman–Crippen MR) is 268 cm³/mol. The summed E-state index contributed by atoms with van der Waals surface area (Å²) in [7, 11) is 0. The largest absolute Gasteiger partial charge is 0.456 e. The lowest BCUT2D eigenvalue weighted by Crippen LogP contribution is -2.28. The van der Waals surface area contributed by atoms with Crippen molar-refractivity contribution in [2.75, 3.05) is 0 Å². The zero-order valence-corrected chi connectivity index (χ0v) is 35.0. The smallest absolute Gasteiger partial charge is 0.140 e. The van der Waals surface area contributed by atoms with Gasteiger partial charge in [0.2, 0.25) is 0 Å². The third kappa shape index (κ3) is 5.38. The summed E-state index contributed by atoms with van der Waals surface area (Å²) in [6.07, 6.45) is 0. The first-order chi connectivity index (χ1) is 31.8. The molecule has 1 heterocycles. The van der Waals surface area contributed by atoms with Crippen LogP contribution in [0.1, 0.15) is 22.3 Å². The number of para-hydroxylation sites is 1. The molecule has 0 radical (unpaired) electrons. The van der Waals surface area contributed by atoms with Gasteiger partial charge in [0.15, 0.2) is 0 Å². The van der Waals surface area contributed by atoms with Crippen molar-refractivity contribution in [2.45, 2.75) is 5.41 Å². The predicted octanol–water partition coefficient (Wildman–Crippen LogP) is 16.9. The van der Waals surface area contributed by atoms with Gasteiger partial charge in [-0.15, -0.1) is 0 Å². The van der Waals surface area contributed by atoms with E-state index >= 15 is 0 Å². The molecule has 0 aliphatic heterocycles. The molecule has 0 unspecified atom stereocenters. The van der Waals surface area contributed by atoms with E-state index < -0.39 is 5.41 Å². The molecule has 0 saturated carbocycles. The van der Waals surface area contributed by atoms with Crippen molar-refractivity contribution >= 4 is 43.3 Å². The third-order valence-electron chi connectivity index (χ3n) is 13.7. The summed E-state index contributed by atoms with van der Waals surface area (Å²) in [4.78, 5) is 0. The minimum Gasteiger partial charge on any atom is -0.456 e. The molecule has 0 saturated heterocycles. The van der Waals surface area contributed by atoms with E-state index in [0.717, 1.165) is 22.3 Å². The number of benzene rings is 11. The summed E-state index contributed by atoms with van der Waals surface area (Å²) in [5, 5.41) is 8.51. The van der Waals surface area contributed by atoms with Crippen LogP contribution in [0.25, 0.3) is 99.1 Å². The van der Waals surface area contributed by atoms with Gasteiger partial charge >= 0.3 is 0 Å². The molecule has 1 aliphatic rings. The maximum absolute atomic E-state index is 6.90. The van der Waals surface area contributed by atoms with Crippen LogP contribution in [0.4, 0.5) is 0 Å². The minimum atomic E-state index is -0.616. The van der Waals surface area contributed by atoms with Gasteiger partial charge in [-0.25, -0.2) is 0 Å². The Kier molecular flexibility index (Phi) is 8.20. The van der Waals surface area contributed by atoms with Crippen LogP contribution >= 0.6 is 0 Å². The van der Waals surface area contributed by atoms with Crippen LogP contribution in [0, 0.1) is 0 Å². The molecule has 12 aromatic rings. The Morgan fingerprint density at radius 3 is 1.47 bits per heavy atom. The molecule has 0 amide bonds. The maximum Gasteiger partial charge on any atom is 0.140 e. The summed E-state index contributed by atoms with van der Waals surface area (Å²) >= 11 is 0. The Morgan fingerprint density at radius 1 is 0.297 bits per heavy atom. The number of hydrogen-bond acceptors (Lipinski definition) is 1. The first-order valence-corrected chi connectivity index (χ1v) is 22.2. The van der Waals surface area contributed by atoms with Crippen molar-refractivity contribution in [3.05, 3.63) is 265 Å². The zero-order valence-electron chi connectivity index (χ0n) is 35.0. The summed E-state index contributed by atoms with van der Waals surface area (Å²) in [5.74, 6) is 0.945. The van der Waals surface area contributed by atoms with Gasteiger partial charge in [-0.2, -0.15) is 0 Å². The Morgan fingerprint density at radius 2 is 0.797 bits per heavy atom. The number of hydrogen-bond donors (Lipinski definition) is 0. The molecule has 0 bridgehead atoms. The van der Waals surface area contributed by atoms with Crippen molar-refractivity contribution in [1.82, 2.24) is 0 Å². The fourth-order valence-electron chi connectivity index (χ4n) is 11.0. The van der Waals surface area contributed by atoms with Crippen molar-refractivity contribution in [3.63, 3.8) is 0 Å². The van der Waals surface area contributed by atoms with Gasteiger partial charge < -0.3 is 4.42 Å². The fraction of sp³-hybridized carbons (Fsp3) is 0.0159. The average molecular weight is 813 g/mol. The van der Waals surface area contributed by atoms with Crippen molar-refractivity contribution < 1.29 is 4.42 Å². The van der Waals surface area contributed by atoms with Crippen LogP contribution in [-0.4, -0.2) is 0 Å². The highest BCUT2D eigenvalue weighted by Crippen LogP contribution is 2.60. The molecule has 64 heavy (non-hydrogen) atoms. The lowest BCUT2D eigenvalue weighted by atomic mass is 9.67. The molecular weight excluding hydrogens is 773 g/mol. The first kappa shape index (κ1) is 36.4. The standard InChI is InChI=1S/C63H40O/c1-4-19-42(20-5-1)49-36-34-45(44-33-32-41-18-10-11-21-43(41)38-44)39-56(49)60-52-28-14-12-26-50(52)59(51-27-13-15-29-53(51)60)46-35-37-54-57(40-46)63(47-22-6-2-7-23-47,48-24-8-3-9-25-48)61-55-30-16-17-31-58(55)64-62(54)61/h1-40H. The second kappa shape index (κ2) is 14.4. The van der Waals surface area contributed by atoms with E-state index in [0.29, 0.717) is 0 Å². The fourth-order valence-corrected chi connectivity index (χ4v) is 11.0. The van der Waals surface area contributed by atoms with E-state index in [1.54, 1.807) is 0 Å². The SMILES string of the molecule is c1ccc(-c2ccc(-c3ccc4ccccc4c3)cc2-c2c3ccccc3c(-c3ccc4c(c3)C(c3ccccc3)(c3ccccc3)c3c-4oc4ccccc34)c3ccccc23)cc1. The van der Waals surface area contributed by atoms with Gasteiger partial charge in [0.1, 0.15) is 11.3 Å². The molecule has 1 nitrogen and oxygen atoms in total. The monoisotopic (exact) mass is 812 g/mol. The molecule has 0 spiro atoms. The second-order valence-electron chi connectivity index (χ2n) is 17.1. The number of rotatable bonds is 6. The summed E-state index contributed by atoms with van der Waals surface area (Å²) in [6, 6.07) is 89.1. The third-order valence-corrected chi connectivity index (χ3v) is 13.7. The highest BCUT2D eigenvalue weighted by Gasteiger charge is 2.49. The van der Waals surface area contributed by atoms with E-state index in [-0.39, 0.29) is 0 Å². The van der Waals surface area contributed by atoms with Gasteiger partial charge in [0.25, 0.3) is 0 Å². The van der Waals surface area contributed by atoms with Crippen LogP contribution in [0.3, 0.4) is 0 Å². The molecule has 1 aromatic heterocycles. The van der Waals surface area contributed by atoms with E-state index in [9.17, 15) is 0 Å². The van der Waals surface area contributed by atoms with Crippen LogP contribution in [0.15, 0.2) is 247 Å². The molecule has 0 N–H and O–H groups in total. The van der Waals surface area contributed by atoms with Crippen LogP contribution < -0.4 is 0 Å². The summed E-state index contributed by atoms with van der Waals surface area (Å²) in [6.45, 7) is 0. The molecular formula is C63H40O. The van der Waals surface area contributed by atoms with Gasteiger partial charge in [-0.05, 0) is 118 Å².